The molecule has 1 nitrogen and oxygen atoms in total. The Balaban J connectivity index is 4.34. The van der Waals surface area contributed by atoms with Gasteiger partial charge in [0.1, 0.15) is 0 Å². The van der Waals surface area contributed by atoms with Crippen molar-refractivity contribution >= 4 is 0 Å². The highest BCUT2D eigenvalue weighted by Gasteiger charge is 2.08. The Bertz CT molecular complexity index is 392. The SMILES string of the molecule is C=C(C)C(C/C=C(\C)CCC=C(C)C)CC/C(C)=C/CO. The molecule has 1 unspecified atom stereocenters. The molecule has 0 fully saturated rings. The third-order valence-corrected chi connectivity index (χ3v) is 3.87. The van der Waals surface area contributed by atoms with Crippen molar-refractivity contribution in [3.8, 4) is 0 Å². The van der Waals surface area contributed by atoms with Gasteiger partial charge < -0.3 is 5.11 Å². The van der Waals surface area contributed by atoms with Crippen molar-refractivity contribution in [2.45, 2.75) is 66.7 Å². The standard InChI is InChI=1S/C20H34O/c1-16(2)8-7-9-18(5)10-12-20(17(3)4)13-11-19(6)14-15-21/h8,10,14,20-21H,3,7,9,11-13,15H2,1-2,4-6H3/b18-10+,19-14+. The van der Waals surface area contributed by atoms with Crippen LogP contribution >= 0.6 is 0 Å². The molecule has 0 heterocycles. The van der Waals surface area contributed by atoms with E-state index in [1.807, 2.05) is 6.08 Å². The van der Waals surface area contributed by atoms with Gasteiger partial charge in [0, 0.05) is 0 Å². The van der Waals surface area contributed by atoms with Crippen molar-refractivity contribution in [3.63, 3.8) is 0 Å². The van der Waals surface area contributed by atoms with Gasteiger partial charge in [-0.25, -0.2) is 0 Å². The maximum absolute atomic E-state index is 8.90. The van der Waals surface area contributed by atoms with Crippen LogP contribution in [0.3, 0.4) is 0 Å². The molecule has 0 rings (SSSR count). The molecule has 0 aliphatic heterocycles. The first-order valence-corrected chi connectivity index (χ1v) is 8.07. The summed E-state index contributed by atoms with van der Waals surface area (Å²) in [7, 11) is 0. The Morgan fingerprint density at radius 1 is 0.952 bits per heavy atom. The van der Waals surface area contributed by atoms with E-state index in [0.29, 0.717) is 5.92 Å². The minimum atomic E-state index is 0.146. The molecular formula is C20H34O. The largest absolute Gasteiger partial charge is 0.392 e. The quantitative estimate of drug-likeness (QED) is 0.491. The number of hydrogen-bond acceptors (Lipinski definition) is 1. The van der Waals surface area contributed by atoms with E-state index in [1.54, 1.807) is 0 Å². The van der Waals surface area contributed by atoms with E-state index in [0.717, 1.165) is 32.1 Å². The van der Waals surface area contributed by atoms with Crippen LogP contribution < -0.4 is 0 Å². The molecular weight excluding hydrogens is 256 g/mol. The Morgan fingerprint density at radius 3 is 2.10 bits per heavy atom. The highest BCUT2D eigenvalue weighted by atomic mass is 16.2. The first kappa shape index (κ1) is 19.9. The van der Waals surface area contributed by atoms with Crippen molar-refractivity contribution in [2.24, 2.45) is 5.92 Å². The monoisotopic (exact) mass is 290 g/mol. The molecule has 0 spiro atoms. The number of hydrogen-bond donors (Lipinski definition) is 1. The maximum Gasteiger partial charge on any atom is 0.0614 e. The summed E-state index contributed by atoms with van der Waals surface area (Å²) in [6.07, 6.45) is 12.1. The zero-order chi connectivity index (χ0) is 16.3. The molecule has 120 valence electrons. The molecule has 1 heteroatoms. The summed E-state index contributed by atoms with van der Waals surface area (Å²) >= 11 is 0. The van der Waals surface area contributed by atoms with Gasteiger partial charge in [-0.2, -0.15) is 0 Å². The van der Waals surface area contributed by atoms with Gasteiger partial charge in [0.15, 0.2) is 0 Å². The molecule has 0 aromatic rings. The van der Waals surface area contributed by atoms with Crippen molar-refractivity contribution in [2.75, 3.05) is 6.61 Å². The van der Waals surface area contributed by atoms with Crippen LogP contribution in [0.5, 0.6) is 0 Å². The fourth-order valence-corrected chi connectivity index (χ4v) is 2.26. The van der Waals surface area contributed by atoms with Crippen LogP contribution in [0.1, 0.15) is 66.7 Å². The van der Waals surface area contributed by atoms with E-state index in [2.05, 4.69) is 53.3 Å². The molecule has 0 bridgehead atoms. The van der Waals surface area contributed by atoms with E-state index in [9.17, 15) is 0 Å². The number of aliphatic hydroxyl groups is 1. The fourth-order valence-electron chi connectivity index (χ4n) is 2.26. The van der Waals surface area contributed by atoms with Crippen molar-refractivity contribution in [1.29, 1.82) is 0 Å². The molecule has 0 aromatic heterocycles. The number of allylic oxidation sites excluding steroid dienone is 6. The van der Waals surface area contributed by atoms with Gasteiger partial charge in [0.05, 0.1) is 6.61 Å². The van der Waals surface area contributed by atoms with Gasteiger partial charge >= 0.3 is 0 Å². The van der Waals surface area contributed by atoms with Crippen molar-refractivity contribution < 1.29 is 5.11 Å². The summed E-state index contributed by atoms with van der Waals surface area (Å²) in [6.45, 7) is 15.0. The molecule has 1 atom stereocenters. The van der Waals surface area contributed by atoms with Crippen LogP contribution in [0.25, 0.3) is 0 Å². The molecule has 0 saturated carbocycles. The second kappa shape index (κ2) is 11.6. The first-order valence-electron chi connectivity index (χ1n) is 8.07. The zero-order valence-electron chi connectivity index (χ0n) is 14.7. The topological polar surface area (TPSA) is 20.2 Å². The predicted molar refractivity (Wildman–Crippen MR) is 95.4 cm³/mol. The van der Waals surface area contributed by atoms with Gasteiger partial charge in [0.2, 0.25) is 0 Å². The van der Waals surface area contributed by atoms with Gasteiger partial charge in [-0.05, 0) is 72.6 Å². The Hall–Kier alpha value is -1.08. The molecule has 0 aliphatic carbocycles. The van der Waals surface area contributed by atoms with Crippen molar-refractivity contribution in [1.82, 2.24) is 0 Å². The lowest BCUT2D eigenvalue weighted by molar-refractivity contribution is 0.341. The normalized spacial score (nSPS) is 14.0. The molecule has 0 radical (unpaired) electrons. The average molecular weight is 290 g/mol. The lowest BCUT2D eigenvalue weighted by atomic mass is 9.90. The highest BCUT2D eigenvalue weighted by Crippen LogP contribution is 2.23. The summed E-state index contributed by atoms with van der Waals surface area (Å²) in [5.74, 6) is 0.547. The Labute approximate surface area is 132 Å². The highest BCUT2D eigenvalue weighted by molar-refractivity contribution is 5.07. The van der Waals surface area contributed by atoms with E-state index >= 15 is 0 Å². The summed E-state index contributed by atoms with van der Waals surface area (Å²) in [4.78, 5) is 0. The predicted octanol–water partition coefficient (Wildman–Crippen LogP) is 5.98. The lowest BCUT2D eigenvalue weighted by Crippen LogP contribution is -2.01. The third kappa shape index (κ3) is 11.3. The summed E-state index contributed by atoms with van der Waals surface area (Å²) in [5.41, 5.74) is 5.41. The van der Waals surface area contributed by atoms with E-state index < -0.39 is 0 Å². The van der Waals surface area contributed by atoms with Gasteiger partial charge in [0.25, 0.3) is 0 Å². The minimum absolute atomic E-state index is 0.146. The second-order valence-electron chi connectivity index (χ2n) is 6.42. The fraction of sp³-hybridized carbons (Fsp3) is 0.600. The smallest absolute Gasteiger partial charge is 0.0614 e. The van der Waals surface area contributed by atoms with Gasteiger partial charge in [-0.15, -0.1) is 0 Å². The molecule has 1 N–H and O–H groups in total. The molecule has 0 aliphatic rings. The number of aliphatic hydroxyl groups excluding tert-OH is 1. The third-order valence-electron chi connectivity index (χ3n) is 3.87. The van der Waals surface area contributed by atoms with Gasteiger partial charge in [-0.1, -0.05) is 47.1 Å². The Morgan fingerprint density at radius 2 is 1.57 bits per heavy atom. The number of rotatable bonds is 10. The minimum Gasteiger partial charge on any atom is -0.392 e. The molecule has 21 heavy (non-hydrogen) atoms. The zero-order valence-corrected chi connectivity index (χ0v) is 14.7. The molecule has 0 saturated heterocycles. The van der Waals surface area contributed by atoms with E-state index in [1.165, 1.54) is 22.3 Å². The van der Waals surface area contributed by atoms with E-state index in [4.69, 9.17) is 5.11 Å². The summed E-state index contributed by atoms with van der Waals surface area (Å²) in [6, 6.07) is 0. The van der Waals surface area contributed by atoms with Crippen LogP contribution in [0.15, 0.2) is 47.1 Å². The van der Waals surface area contributed by atoms with Crippen LogP contribution in [0.2, 0.25) is 0 Å². The van der Waals surface area contributed by atoms with Crippen molar-refractivity contribution in [3.05, 3.63) is 47.1 Å². The van der Waals surface area contributed by atoms with Crippen LogP contribution in [-0.4, -0.2) is 11.7 Å². The summed E-state index contributed by atoms with van der Waals surface area (Å²) < 4.78 is 0. The first-order chi connectivity index (χ1) is 9.86. The average Bonchev–Trinajstić information content (AvgIpc) is 2.38. The van der Waals surface area contributed by atoms with E-state index in [-0.39, 0.29) is 6.61 Å². The molecule has 0 amide bonds. The molecule has 0 aromatic carbocycles. The Kier molecular flexibility index (Phi) is 11.0. The summed E-state index contributed by atoms with van der Waals surface area (Å²) in [5, 5.41) is 8.90. The maximum atomic E-state index is 8.90. The second-order valence-corrected chi connectivity index (χ2v) is 6.42. The van der Waals surface area contributed by atoms with Crippen LogP contribution in [0.4, 0.5) is 0 Å². The van der Waals surface area contributed by atoms with Crippen LogP contribution in [-0.2, 0) is 0 Å². The van der Waals surface area contributed by atoms with Gasteiger partial charge in [-0.3, -0.25) is 0 Å². The lowest BCUT2D eigenvalue weighted by Gasteiger charge is -2.16. The van der Waals surface area contributed by atoms with Crippen LogP contribution in [0, 0.1) is 5.92 Å².